The van der Waals surface area contributed by atoms with E-state index in [1.54, 1.807) is 0 Å². The van der Waals surface area contributed by atoms with E-state index in [0.29, 0.717) is 5.75 Å². The Balaban J connectivity index is 2.12. The number of aliphatic hydroxyl groups excluding tert-OH is 1. The van der Waals surface area contributed by atoms with E-state index in [0.717, 1.165) is 10.0 Å². The van der Waals surface area contributed by atoms with Crippen LogP contribution in [0.3, 0.4) is 0 Å². The van der Waals surface area contributed by atoms with Crippen LogP contribution in [0.15, 0.2) is 22.7 Å². The van der Waals surface area contributed by atoms with Crippen molar-refractivity contribution in [3.63, 3.8) is 0 Å². The maximum absolute atomic E-state index is 11.1. The van der Waals surface area contributed by atoms with Crippen molar-refractivity contribution in [1.82, 2.24) is 0 Å². The standard InChI is InChI=1S/C13H17BrO4S/c1-13(2,8-15)9-3-4-12(11(14)5-9)18-10-6-19(16,17)7-10/h3-5,10,15H,6-8H2,1-2H3. The number of halogens is 1. The zero-order valence-electron chi connectivity index (χ0n) is 10.9. The van der Waals surface area contributed by atoms with Gasteiger partial charge in [-0.1, -0.05) is 19.9 Å². The fourth-order valence-electron chi connectivity index (χ4n) is 1.87. The molecule has 1 aromatic rings. The molecule has 0 bridgehead atoms. The van der Waals surface area contributed by atoms with Crippen LogP contribution >= 0.6 is 15.9 Å². The van der Waals surface area contributed by atoms with E-state index in [-0.39, 0.29) is 29.6 Å². The second-order valence-electron chi connectivity index (χ2n) is 5.50. The Morgan fingerprint density at radius 1 is 1.42 bits per heavy atom. The molecular weight excluding hydrogens is 332 g/mol. The van der Waals surface area contributed by atoms with Crippen molar-refractivity contribution < 1.29 is 18.3 Å². The lowest BCUT2D eigenvalue weighted by Crippen LogP contribution is -2.45. The van der Waals surface area contributed by atoms with Crippen molar-refractivity contribution in [1.29, 1.82) is 0 Å². The number of aliphatic hydroxyl groups is 1. The fourth-order valence-corrected chi connectivity index (χ4v) is 3.52. The summed E-state index contributed by atoms with van der Waals surface area (Å²) >= 11 is 3.42. The van der Waals surface area contributed by atoms with Crippen LogP contribution in [0.2, 0.25) is 0 Å². The zero-order valence-corrected chi connectivity index (χ0v) is 13.3. The molecule has 2 rings (SSSR count). The summed E-state index contributed by atoms with van der Waals surface area (Å²) in [6.07, 6.45) is -0.252. The van der Waals surface area contributed by atoms with Crippen LogP contribution < -0.4 is 4.74 Å². The second kappa shape index (κ2) is 5.07. The van der Waals surface area contributed by atoms with Crippen LogP contribution in [0.4, 0.5) is 0 Å². The van der Waals surface area contributed by atoms with Gasteiger partial charge in [0, 0.05) is 5.41 Å². The Morgan fingerprint density at radius 2 is 2.05 bits per heavy atom. The highest BCUT2D eigenvalue weighted by Crippen LogP contribution is 2.33. The maximum Gasteiger partial charge on any atom is 0.157 e. The molecule has 1 aliphatic rings. The average molecular weight is 349 g/mol. The number of ether oxygens (including phenoxy) is 1. The summed E-state index contributed by atoms with van der Waals surface area (Å²) in [6, 6.07) is 5.60. The van der Waals surface area contributed by atoms with E-state index < -0.39 is 9.84 Å². The van der Waals surface area contributed by atoms with Gasteiger partial charge in [-0.2, -0.15) is 0 Å². The number of hydrogen-bond acceptors (Lipinski definition) is 4. The van der Waals surface area contributed by atoms with Crippen LogP contribution in [0.25, 0.3) is 0 Å². The van der Waals surface area contributed by atoms with E-state index in [1.807, 2.05) is 32.0 Å². The first kappa shape index (κ1) is 14.8. The monoisotopic (exact) mass is 348 g/mol. The summed E-state index contributed by atoms with van der Waals surface area (Å²) in [5, 5.41) is 9.34. The van der Waals surface area contributed by atoms with Gasteiger partial charge in [0.1, 0.15) is 11.9 Å². The third-order valence-electron chi connectivity index (χ3n) is 3.28. The number of rotatable bonds is 4. The smallest absolute Gasteiger partial charge is 0.157 e. The zero-order chi connectivity index (χ0) is 14.3. The first-order valence-corrected chi connectivity index (χ1v) is 8.63. The van der Waals surface area contributed by atoms with Crippen molar-refractivity contribution in [2.24, 2.45) is 0 Å². The molecule has 1 aromatic carbocycles. The summed E-state index contributed by atoms with van der Waals surface area (Å²) in [4.78, 5) is 0. The minimum atomic E-state index is -2.87. The first-order chi connectivity index (χ1) is 8.73. The molecule has 1 fully saturated rings. The Hall–Kier alpha value is -0.590. The highest BCUT2D eigenvalue weighted by atomic mass is 79.9. The lowest BCUT2D eigenvalue weighted by Gasteiger charge is -2.28. The van der Waals surface area contributed by atoms with E-state index in [1.165, 1.54) is 0 Å². The van der Waals surface area contributed by atoms with Crippen molar-refractivity contribution in [3.8, 4) is 5.75 Å². The lowest BCUT2D eigenvalue weighted by molar-refractivity contribution is 0.217. The molecule has 1 saturated heterocycles. The molecule has 0 unspecified atom stereocenters. The van der Waals surface area contributed by atoms with Gasteiger partial charge in [-0.3, -0.25) is 0 Å². The Labute approximate surface area is 121 Å². The molecule has 106 valence electrons. The van der Waals surface area contributed by atoms with Gasteiger partial charge >= 0.3 is 0 Å². The molecule has 0 saturated carbocycles. The highest BCUT2D eigenvalue weighted by Gasteiger charge is 2.35. The Kier molecular flexibility index (Phi) is 3.95. The normalized spacial score (nSPS) is 18.9. The summed E-state index contributed by atoms with van der Waals surface area (Å²) in [7, 11) is -2.87. The third-order valence-corrected chi connectivity index (χ3v) is 5.66. The minimum Gasteiger partial charge on any atom is -0.487 e. The lowest BCUT2D eigenvalue weighted by atomic mass is 9.86. The van der Waals surface area contributed by atoms with Crippen LogP contribution in [0, 0.1) is 0 Å². The van der Waals surface area contributed by atoms with Gasteiger partial charge in [-0.15, -0.1) is 0 Å². The van der Waals surface area contributed by atoms with E-state index in [4.69, 9.17) is 4.74 Å². The fraction of sp³-hybridized carbons (Fsp3) is 0.538. The van der Waals surface area contributed by atoms with Crippen LogP contribution in [0.1, 0.15) is 19.4 Å². The van der Waals surface area contributed by atoms with Crippen molar-refractivity contribution in [2.75, 3.05) is 18.1 Å². The Bertz CT molecular complexity index is 568. The minimum absolute atomic E-state index is 0.0561. The molecule has 0 aliphatic carbocycles. The number of hydrogen-bond donors (Lipinski definition) is 1. The van der Waals surface area contributed by atoms with Gasteiger partial charge in [0.25, 0.3) is 0 Å². The van der Waals surface area contributed by atoms with Gasteiger partial charge in [-0.25, -0.2) is 8.42 Å². The largest absolute Gasteiger partial charge is 0.487 e. The molecule has 1 heterocycles. The summed E-state index contributed by atoms with van der Waals surface area (Å²) < 4.78 is 28.6. The van der Waals surface area contributed by atoms with Gasteiger partial charge in [0.05, 0.1) is 22.6 Å². The molecule has 19 heavy (non-hydrogen) atoms. The number of benzene rings is 1. The molecule has 4 nitrogen and oxygen atoms in total. The molecule has 0 aromatic heterocycles. The van der Waals surface area contributed by atoms with Crippen molar-refractivity contribution in [2.45, 2.75) is 25.4 Å². The summed E-state index contributed by atoms with van der Waals surface area (Å²) in [5.74, 6) is 0.810. The predicted octanol–water partition coefficient (Wildman–Crippen LogP) is 1.89. The van der Waals surface area contributed by atoms with Crippen LogP contribution in [0.5, 0.6) is 5.75 Å². The predicted molar refractivity (Wildman–Crippen MR) is 77.3 cm³/mol. The van der Waals surface area contributed by atoms with E-state index >= 15 is 0 Å². The summed E-state index contributed by atoms with van der Waals surface area (Å²) in [5.41, 5.74) is 0.677. The van der Waals surface area contributed by atoms with Gasteiger partial charge in [-0.05, 0) is 33.6 Å². The average Bonchev–Trinajstić information content (AvgIpc) is 2.29. The van der Waals surface area contributed by atoms with Crippen LogP contribution in [-0.4, -0.2) is 37.7 Å². The third kappa shape index (κ3) is 3.30. The van der Waals surface area contributed by atoms with E-state index in [9.17, 15) is 13.5 Å². The molecule has 0 atom stereocenters. The molecule has 0 spiro atoms. The van der Waals surface area contributed by atoms with Gasteiger partial charge < -0.3 is 9.84 Å². The van der Waals surface area contributed by atoms with Gasteiger partial charge in [0.15, 0.2) is 9.84 Å². The topological polar surface area (TPSA) is 63.6 Å². The Morgan fingerprint density at radius 3 is 2.53 bits per heavy atom. The quantitative estimate of drug-likeness (QED) is 0.902. The van der Waals surface area contributed by atoms with Crippen LogP contribution in [-0.2, 0) is 15.3 Å². The van der Waals surface area contributed by atoms with Gasteiger partial charge in [0.2, 0.25) is 0 Å². The molecular formula is C13H17BrO4S. The molecule has 6 heteroatoms. The second-order valence-corrected chi connectivity index (χ2v) is 8.51. The first-order valence-electron chi connectivity index (χ1n) is 6.01. The molecule has 1 aliphatic heterocycles. The SMILES string of the molecule is CC(C)(CO)c1ccc(OC2CS(=O)(=O)C2)c(Br)c1. The summed E-state index contributed by atoms with van der Waals surface area (Å²) in [6.45, 7) is 3.96. The van der Waals surface area contributed by atoms with Crippen molar-refractivity contribution in [3.05, 3.63) is 28.2 Å². The molecule has 0 radical (unpaired) electrons. The molecule has 1 N–H and O–H groups in total. The highest BCUT2D eigenvalue weighted by molar-refractivity contribution is 9.10. The van der Waals surface area contributed by atoms with Crippen molar-refractivity contribution >= 4 is 25.8 Å². The maximum atomic E-state index is 11.1. The molecule has 0 amide bonds. The van der Waals surface area contributed by atoms with E-state index in [2.05, 4.69) is 15.9 Å². The number of sulfone groups is 1.